The predicted molar refractivity (Wildman–Crippen MR) is 115 cm³/mol. The number of fused-ring (bicyclic) bond motifs is 1. The molecule has 3 rings (SSSR count). The molecule has 0 radical (unpaired) electrons. The maximum atomic E-state index is 12.5. The number of amides is 1. The van der Waals surface area contributed by atoms with Crippen molar-refractivity contribution >= 4 is 40.8 Å². The van der Waals surface area contributed by atoms with Crippen LogP contribution in [-0.4, -0.2) is 64.7 Å². The van der Waals surface area contributed by atoms with E-state index in [2.05, 4.69) is 14.0 Å². The predicted octanol–water partition coefficient (Wildman–Crippen LogP) is 3.62. The second-order valence-corrected chi connectivity index (χ2v) is 9.09. The number of hydrogen-bond acceptors (Lipinski definition) is 4. The third-order valence-electron chi connectivity index (χ3n) is 5.14. The third-order valence-corrected chi connectivity index (χ3v) is 5.82. The molecule has 0 saturated carbocycles. The van der Waals surface area contributed by atoms with Crippen LogP contribution >= 0.6 is 23.8 Å². The highest BCUT2D eigenvalue weighted by Crippen LogP contribution is 2.24. The molecule has 2 heterocycles. The van der Waals surface area contributed by atoms with Crippen molar-refractivity contribution in [3.63, 3.8) is 0 Å². The highest BCUT2D eigenvalue weighted by Gasteiger charge is 2.29. The van der Waals surface area contributed by atoms with Crippen LogP contribution in [0.5, 0.6) is 0 Å². The van der Waals surface area contributed by atoms with Gasteiger partial charge < -0.3 is 18.8 Å². The van der Waals surface area contributed by atoms with Crippen molar-refractivity contribution in [3.8, 4) is 0 Å². The summed E-state index contributed by atoms with van der Waals surface area (Å²) in [5, 5.41) is 0.695. The van der Waals surface area contributed by atoms with E-state index in [0.717, 1.165) is 42.0 Å². The molecule has 8 heteroatoms. The van der Waals surface area contributed by atoms with Gasteiger partial charge in [-0.05, 0) is 30.4 Å². The van der Waals surface area contributed by atoms with E-state index in [-0.39, 0.29) is 11.3 Å². The summed E-state index contributed by atoms with van der Waals surface area (Å²) in [5.41, 5.74) is 1.76. The molecule has 6 nitrogen and oxygen atoms in total. The second-order valence-electron chi connectivity index (χ2n) is 8.29. The maximum Gasteiger partial charge on any atom is 0.228 e. The molecule has 154 valence electrons. The van der Waals surface area contributed by atoms with Crippen LogP contribution in [0.4, 0.5) is 0 Å². The lowest BCUT2D eigenvalue weighted by Crippen LogP contribution is -2.51. The smallest absolute Gasteiger partial charge is 0.228 e. The van der Waals surface area contributed by atoms with Crippen LogP contribution in [0.2, 0.25) is 5.02 Å². The summed E-state index contributed by atoms with van der Waals surface area (Å²) in [6, 6.07) is 5.87. The molecule has 1 saturated heterocycles. The van der Waals surface area contributed by atoms with Gasteiger partial charge in [0.2, 0.25) is 5.91 Å². The van der Waals surface area contributed by atoms with E-state index < -0.39 is 0 Å². The molecule has 0 N–H and O–H groups in total. The van der Waals surface area contributed by atoms with Crippen LogP contribution in [-0.2, 0) is 22.7 Å². The van der Waals surface area contributed by atoms with E-state index in [4.69, 9.17) is 28.6 Å². The average molecular weight is 425 g/mol. The van der Waals surface area contributed by atoms with Gasteiger partial charge in [0.15, 0.2) is 4.77 Å². The van der Waals surface area contributed by atoms with Crippen LogP contribution in [0, 0.1) is 10.2 Å². The van der Waals surface area contributed by atoms with Crippen molar-refractivity contribution in [1.29, 1.82) is 0 Å². The molecular formula is C20H29ClN4O2S. The molecule has 1 amide bonds. The number of nitrogens with zero attached hydrogens (tertiary/aromatic N) is 4. The van der Waals surface area contributed by atoms with Gasteiger partial charge in [-0.3, -0.25) is 9.69 Å². The van der Waals surface area contributed by atoms with Crippen LogP contribution in [0.1, 0.15) is 20.8 Å². The number of hydrogen-bond donors (Lipinski definition) is 0. The Balaban J connectivity index is 1.80. The molecular weight excluding hydrogens is 396 g/mol. The summed E-state index contributed by atoms with van der Waals surface area (Å²) in [6.45, 7) is 11.0. The summed E-state index contributed by atoms with van der Waals surface area (Å²) in [5.74, 6) is 0.215. The van der Waals surface area contributed by atoms with Gasteiger partial charge in [0.25, 0.3) is 0 Å². The van der Waals surface area contributed by atoms with Gasteiger partial charge in [0.1, 0.15) is 0 Å². The first kappa shape index (κ1) is 21.3. The maximum absolute atomic E-state index is 12.5. The van der Waals surface area contributed by atoms with Crippen molar-refractivity contribution in [2.24, 2.45) is 5.41 Å². The first-order valence-corrected chi connectivity index (χ1v) is 10.4. The number of imidazole rings is 1. The van der Waals surface area contributed by atoms with Crippen LogP contribution in [0.25, 0.3) is 11.0 Å². The molecule has 1 fully saturated rings. The third kappa shape index (κ3) is 4.43. The molecule has 1 aliphatic heterocycles. The highest BCUT2D eigenvalue weighted by molar-refractivity contribution is 7.71. The van der Waals surface area contributed by atoms with E-state index in [1.165, 1.54) is 0 Å². The van der Waals surface area contributed by atoms with E-state index in [0.29, 0.717) is 24.8 Å². The zero-order chi connectivity index (χ0) is 20.5. The Labute approximate surface area is 176 Å². The number of halogens is 1. The van der Waals surface area contributed by atoms with Crippen molar-refractivity contribution in [1.82, 2.24) is 18.9 Å². The minimum absolute atomic E-state index is 0.215. The summed E-state index contributed by atoms with van der Waals surface area (Å²) in [7, 11) is 1.69. The fraction of sp³-hybridized carbons (Fsp3) is 0.600. The van der Waals surface area contributed by atoms with Gasteiger partial charge in [-0.15, -0.1) is 0 Å². The van der Waals surface area contributed by atoms with Crippen molar-refractivity contribution < 1.29 is 9.53 Å². The molecule has 28 heavy (non-hydrogen) atoms. The topological polar surface area (TPSA) is 42.6 Å². The number of piperazine rings is 1. The minimum Gasteiger partial charge on any atom is -0.383 e. The minimum atomic E-state index is -0.337. The number of carbonyl (C=O) groups excluding carboxylic acids is 1. The number of rotatable bonds is 5. The number of carbonyl (C=O) groups is 1. The molecule has 0 aliphatic carbocycles. The normalized spacial score (nSPS) is 16.1. The van der Waals surface area contributed by atoms with E-state index in [9.17, 15) is 4.79 Å². The van der Waals surface area contributed by atoms with E-state index in [1.807, 2.05) is 43.9 Å². The van der Waals surface area contributed by atoms with Crippen molar-refractivity contribution in [2.45, 2.75) is 34.0 Å². The monoisotopic (exact) mass is 424 g/mol. The average Bonchev–Trinajstić information content (AvgIpc) is 2.90. The Morgan fingerprint density at radius 1 is 1.14 bits per heavy atom. The molecule has 1 aromatic carbocycles. The second kappa shape index (κ2) is 8.53. The molecule has 0 spiro atoms. The Hall–Kier alpha value is -1.41. The highest BCUT2D eigenvalue weighted by atomic mass is 35.5. The lowest BCUT2D eigenvalue weighted by molar-refractivity contribution is -0.141. The van der Waals surface area contributed by atoms with Crippen molar-refractivity contribution in [3.05, 3.63) is 28.0 Å². The van der Waals surface area contributed by atoms with Gasteiger partial charge >= 0.3 is 0 Å². The number of methoxy groups -OCH3 is 1. The van der Waals surface area contributed by atoms with Gasteiger partial charge in [0, 0.05) is 50.3 Å². The van der Waals surface area contributed by atoms with Gasteiger partial charge in [-0.25, -0.2) is 0 Å². The molecule has 0 atom stereocenters. The molecule has 0 unspecified atom stereocenters. The molecule has 0 bridgehead atoms. The molecule has 1 aromatic heterocycles. The van der Waals surface area contributed by atoms with Gasteiger partial charge in [-0.1, -0.05) is 32.4 Å². The number of ether oxygens (including phenoxy) is 1. The quantitative estimate of drug-likeness (QED) is 0.687. The number of benzene rings is 1. The lowest BCUT2D eigenvalue weighted by atomic mass is 9.94. The lowest BCUT2D eigenvalue weighted by Gasteiger charge is -2.37. The zero-order valence-electron chi connectivity index (χ0n) is 17.1. The fourth-order valence-corrected chi connectivity index (χ4v) is 4.11. The Bertz CT molecular complexity index is 907. The molecule has 1 aliphatic rings. The van der Waals surface area contributed by atoms with Crippen LogP contribution in [0.3, 0.4) is 0 Å². The number of aromatic nitrogens is 2. The summed E-state index contributed by atoms with van der Waals surface area (Å²) >= 11 is 12.0. The van der Waals surface area contributed by atoms with Gasteiger partial charge in [-0.2, -0.15) is 0 Å². The standard InChI is InChI=1S/C20H29ClN4O2S/c1-20(2,3)18(26)23-9-7-22(8-10-23)14-25-17-13-15(21)5-6-16(17)24(19(25)28)11-12-27-4/h5-6,13H,7-12,14H2,1-4H3. The Kier molecular flexibility index (Phi) is 6.49. The fourth-order valence-electron chi connectivity index (χ4n) is 3.59. The SMILES string of the molecule is COCCn1c(=S)n(CN2CCN(C(=O)C(C)(C)C)CC2)c2cc(Cl)ccc21. The first-order valence-electron chi connectivity index (χ1n) is 9.61. The Morgan fingerprint density at radius 3 is 2.43 bits per heavy atom. The first-order chi connectivity index (χ1) is 13.2. The summed E-state index contributed by atoms with van der Waals surface area (Å²) in [6.07, 6.45) is 0. The largest absolute Gasteiger partial charge is 0.383 e. The van der Waals surface area contributed by atoms with Crippen LogP contribution in [0.15, 0.2) is 18.2 Å². The Morgan fingerprint density at radius 2 is 1.82 bits per heavy atom. The van der Waals surface area contributed by atoms with Gasteiger partial charge in [0.05, 0.1) is 24.3 Å². The summed E-state index contributed by atoms with van der Waals surface area (Å²) < 4.78 is 10.2. The van der Waals surface area contributed by atoms with Crippen LogP contribution < -0.4 is 0 Å². The zero-order valence-corrected chi connectivity index (χ0v) is 18.6. The van der Waals surface area contributed by atoms with E-state index in [1.54, 1.807) is 7.11 Å². The summed E-state index contributed by atoms with van der Waals surface area (Å²) in [4.78, 5) is 16.8. The van der Waals surface area contributed by atoms with Crippen molar-refractivity contribution in [2.75, 3.05) is 39.9 Å². The molecule has 2 aromatic rings. The van der Waals surface area contributed by atoms with E-state index >= 15 is 0 Å².